The van der Waals surface area contributed by atoms with Gasteiger partial charge in [-0.2, -0.15) is 0 Å². The van der Waals surface area contributed by atoms with Gasteiger partial charge in [0.25, 0.3) is 10.0 Å². The third-order valence-corrected chi connectivity index (χ3v) is 4.85. The van der Waals surface area contributed by atoms with E-state index < -0.39 is 10.0 Å². The number of imidazole rings is 1. The molecular weight excluding hydrogens is 353 g/mol. The molecule has 0 aliphatic carbocycles. The van der Waals surface area contributed by atoms with Gasteiger partial charge in [-0.1, -0.05) is 36.4 Å². The molecule has 0 saturated heterocycles. The molecule has 0 spiro atoms. The van der Waals surface area contributed by atoms with E-state index in [0.29, 0.717) is 6.54 Å². The van der Waals surface area contributed by atoms with E-state index in [9.17, 15) is 8.42 Å². The summed E-state index contributed by atoms with van der Waals surface area (Å²) in [6, 6.07) is -0.0626. The second-order valence-electron chi connectivity index (χ2n) is 4.17. The monoisotopic (exact) mass is 371 g/mol. The summed E-state index contributed by atoms with van der Waals surface area (Å²) in [5.41, 5.74) is 0. The van der Waals surface area contributed by atoms with Crippen molar-refractivity contribution in [1.29, 1.82) is 0 Å². The van der Waals surface area contributed by atoms with Crippen molar-refractivity contribution in [1.82, 2.24) is 14.3 Å². The van der Waals surface area contributed by atoms with Gasteiger partial charge >= 0.3 is 0 Å². The Labute approximate surface area is 116 Å². The highest BCUT2D eigenvalue weighted by atomic mass is 127. The van der Waals surface area contributed by atoms with Crippen LogP contribution in [0.15, 0.2) is 17.6 Å². The number of nitrogens with one attached hydrogen (secondary N) is 1. The van der Waals surface area contributed by atoms with Gasteiger partial charge in [-0.25, -0.2) is 18.1 Å². The highest BCUT2D eigenvalue weighted by molar-refractivity contribution is 14.1. The van der Waals surface area contributed by atoms with Crippen molar-refractivity contribution < 1.29 is 8.42 Å². The van der Waals surface area contributed by atoms with Crippen molar-refractivity contribution in [3.05, 3.63) is 12.5 Å². The van der Waals surface area contributed by atoms with Crippen molar-refractivity contribution in [2.45, 2.75) is 38.4 Å². The number of aromatic nitrogens is 2. The molecular formula is C10H18IN3O2S. The van der Waals surface area contributed by atoms with Gasteiger partial charge in [0.05, 0.1) is 6.33 Å². The first kappa shape index (κ1) is 14.9. The number of rotatable bonds is 6. The van der Waals surface area contributed by atoms with Crippen LogP contribution >= 0.6 is 22.6 Å². The first-order valence-corrected chi connectivity index (χ1v) is 8.51. The van der Waals surface area contributed by atoms with Crippen LogP contribution in [0, 0.1) is 5.92 Å². The number of hydrogen-bond acceptors (Lipinski definition) is 3. The Morgan fingerprint density at radius 1 is 1.53 bits per heavy atom. The van der Waals surface area contributed by atoms with Gasteiger partial charge in [0.15, 0.2) is 5.03 Å². The van der Waals surface area contributed by atoms with E-state index in [1.54, 1.807) is 10.8 Å². The largest absolute Gasteiger partial charge is 0.336 e. The van der Waals surface area contributed by atoms with Gasteiger partial charge in [0.1, 0.15) is 0 Å². The summed E-state index contributed by atoms with van der Waals surface area (Å²) in [5.74, 6) is 0.259. The number of sulfonamides is 1. The molecule has 0 bridgehead atoms. The topological polar surface area (TPSA) is 64.0 Å². The quantitative estimate of drug-likeness (QED) is 0.611. The molecule has 0 saturated carbocycles. The van der Waals surface area contributed by atoms with E-state index in [1.165, 1.54) is 6.33 Å². The highest BCUT2D eigenvalue weighted by Crippen LogP contribution is 2.11. The Morgan fingerprint density at radius 2 is 2.18 bits per heavy atom. The zero-order valence-corrected chi connectivity index (χ0v) is 13.2. The van der Waals surface area contributed by atoms with Crippen LogP contribution in [0.5, 0.6) is 0 Å². The van der Waals surface area contributed by atoms with Gasteiger partial charge in [-0.3, -0.25) is 0 Å². The number of halogens is 1. The minimum atomic E-state index is -3.49. The average molecular weight is 371 g/mol. The third kappa shape index (κ3) is 3.92. The van der Waals surface area contributed by atoms with E-state index in [2.05, 4.69) is 32.3 Å². The van der Waals surface area contributed by atoms with E-state index in [1.807, 2.05) is 20.8 Å². The molecule has 0 aliphatic heterocycles. The third-order valence-electron chi connectivity index (χ3n) is 2.53. The van der Waals surface area contributed by atoms with Crippen LogP contribution < -0.4 is 4.72 Å². The van der Waals surface area contributed by atoms with Gasteiger partial charge < -0.3 is 4.57 Å². The average Bonchev–Trinajstić information content (AvgIpc) is 2.74. The lowest BCUT2D eigenvalue weighted by atomic mass is 10.1. The molecule has 1 N–H and O–H groups in total. The van der Waals surface area contributed by atoms with Crippen LogP contribution in [0.1, 0.15) is 20.8 Å². The summed E-state index contributed by atoms with van der Waals surface area (Å²) in [5, 5.41) is 0.0925. The molecule has 0 aliphatic rings. The van der Waals surface area contributed by atoms with Gasteiger partial charge in [0.2, 0.25) is 0 Å². The molecule has 17 heavy (non-hydrogen) atoms. The van der Waals surface area contributed by atoms with Crippen molar-refractivity contribution in [2.24, 2.45) is 5.92 Å². The molecule has 1 unspecified atom stereocenters. The summed E-state index contributed by atoms with van der Waals surface area (Å²) in [6.45, 7) is 6.64. The standard InChI is InChI=1S/C10H18IN3O2S/c1-4-14-6-10(12-7-14)17(15,16)13-9(5-11)8(2)3/h6-9,13H,4-5H2,1-3H3. The summed E-state index contributed by atoms with van der Waals surface area (Å²) in [6.07, 6.45) is 3.08. The number of alkyl halides is 1. The normalized spacial score (nSPS) is 14.2. The lowest BCUT2D eigenvalue weighted by Crippen LogP contribution is -2.39. The molecule has 1 aromatic rings. The van der Waals surface area contributed by atoms with Crippen molar-refractivity contribution in [3.8, 4) is 0 Å². The van der Waals surface area contributed by atoms with Gasteiger partial charge in [-0.05, 0) is 12.8 Å². The molecule has 7 heteroatoms. The van der Waals surface area contributed by atoms with Crippen molar-refractivity contribution >= 4 is 32.6 Å². The van der Waals surface area contributed by atoms with E-state index in [0.717, 1.165) is 4.43 Å². The molecule has 1 rings (SSSR count). The maximum absolute atomic E-state index is 12.0. The maximum atomic E-state index is 12.0. The summed E-state index contributed by atoms with van der Waals surface area (Å²) >= 11 is 2.18. The fourth-order valence-corrected chi connectivity index (χ4v) is 4.13. The molecule has 5 nitrogen and oxygen atoms in total. The number of nitrogens with zero attached hydrogens (tertiary/aromatic N) is 2. The van der Waals surface area contributed by atoms with Crippen molar-refractivity contribution in [2.75, 3.05) is 4.43 Å². The Kier molecular flexibility index (Phi) is 5.39. The predicted octanol–water partition coefficient (Wildman–Crippen LogP) is 1.64. The molecule has 0 amide bonds. The fourth-order valence-electron chi connectivity index (χ4n) is 1.26. The van der Waals surface area contributed by atoms with Crippen LogP contribution in [-0.4, -0.2) is 28.4 Å². The molecule has 98 valence electrons. The number of hydrogen-bond donors (Lipinski definition) is 1. The molecule has 1 aromatic heterocycles. The second kappa shape index (κ2) is 6.14. The first-order chi connectivity index (χ1) is 7.90. The highest BCUT2D eigenvalue weighted by Gasteiger charge is 2.23. The Hall–Kier alpha value is -0.150. The minimum absolute atomic E-state index is 0.0626. The Balaban J connectivity index is 2.88. The predicted molar refractivity (Wildman–Crippen MR) is 75.7 cm³/mol. The van der Waals surface area contributed by atoms with Crippen LogP contribution in [0.2, 0.25) is 0 Å². The summed E-state index contributed by atoms with van der Waals surface area (Å²) in [7, 11) is -3.49. The van der Waals surface area contributed by atoms with Crippen LogP contribution in [-0.2, 0) is 16.6 Å². The molecule has 1 atom stereocenters. The molecule has 1 heterocycles. The zero-order valence-electron chi connectivity index (χ0n) is 10.2. The summed E-state index contributed by atoms with van der Waals surface area (Å²) < 4.78 is 29.3. The molecule has 0 radical (unpaired) electrons. The van der Waals surface area contributed by atoms with Gasteiger partial charge in [-0.15, -0.1) is 0 Å². The van der Waals surface area contributed by atoms with E-state index >= 15 is 0 Å². The van der Waals surface area contributed by atoms with E-state index in [4.69, 9.17) is 0 Å². The first-order valence-electron chi connectivity index (χ1n) is 5.50. The Morgan fingerprint density at radius 3 is 2.59 bits per heavy atom. The fraction of sp³-hybridized carbons (Fsp3) is 0.700. The lowest BCUT2D eigenvalue weighted by molar-refractivity contribution is 0.485. The van der Waals surface area contributed by atoms with E-state index in [-0.39, 0.29) is 17.0 Å². The molecule has 0 aromatic carbocycles. The van der Waals surface area contributed by atoms with Crippen molar-refractivity contribution in [3.63, 3.8) is 0 Å². The molecule has 0 fully saturated rings. The maximum Gasteiger partial charge on any atom is 0.259 e. The minimum Gasteiger partial charge on any atom is -0.336 e. The lowest BCUT2D eigenvalue weighted by Gasteiger charge is -2.18. The zero-order chi connectivity index (χ0) is 13.1. The van der Waals surface area contributed by atoms with Crippen LogP contribution in [0.4, 0.5) is 0 Å². The van der Waals surface area contributed by atoms with Gasteiger partial charge in [0, 0.05) is 23.2 Å². The summed E-state index contributed by atoms with van der Waals surface area (Å²) in [4.78, 5) is 3.92. The SMILES string of the molecule is CCn1cnc(S(=O)(=O)NC(CI)C(C)C)c1. The van der Waals surface area contributed by atoms with Crippen LogP contribution in [0.25, 0.3) is 0 Å². The van der Waals surface area contributed by atoms with Crippen LogP contribution in [0.3, 0.4) is 0 Å². The smallest absolute Gasteiger partial charge is 0.259 e. The Bertz CT molecular complexity index is 456. The second-order valence-corrected chi connectivity index (χ2v) is 6.71. The number of aryl methyl sites for hydroxylation is 1.